The lowest BCUT2D eigenvalue weighted by molar-refractivity contribution is -0.138. The van der Waals surface area contributed by atoms with Gasteiger partial charge in [0.05, 0.1) is 23.7 Å². The zero-order valence-corrected chi connectivity index (χ0v) is 18.0. The van der Waals surface area contributed by atoms with Crippen LogP contribution in [0.5, 0.6) is 0 Å². The van der Waals surface area contributed by atoms with Crippen molar-refractivity contribution in [3.63, 3.8) is 0 Å². The van der Waals surface area contributed by atoms with Crippen LogP contribution in [0.25, 0.3) is 0 Å². The minimum atomic E-state index is -4.47. The first-order valence-electron chi connectivity index (χ1n) is 11.1. The summed E-state index contributed by atoms with van der Waals surface area (Å²) >= 11 is 0. The van der Waals surface area contributed by atoms with E-state index in [-0.39, 0.29) is 41.5 Å². The summed E-state index contributed by atoms with van der Waals surface area (Å²) in [6.07, 6.45) is -2.21. The Labute approximate surface area is 184 Å². The number of fused-ring (bicyclic) bond motifs is 3. The third-order valence-electron chi connectivity index (χ3n) is 7.37. The average molecular weight is 446 g/mol. The summed E-state index contributed by atoms with van der Waals surface area (Å²) in [6.45, 7) is 4.36. The predicted molar refractivity (Wildman–Crippen MR) is 109 cm³/mol. The van der Waals surface area contributed by atoms with Crippen LogP contribution in [0.15, 0.2) is 18.2 Å². The average Bonchev–Trinajstić information content (AvgIpc) is 3.05. The van der Waals surface area contributed by atoms with Gasteiger partial charge in [-0.05, 0) is 55.9 Å². The van der Waals surface area contributed by atoms with E-state index in [1.807, 2.05) is 11.8 Å². The van der Waals surface area contributed by atoms with Crippen molar-refractivity contribution in [1.29, 1.82) is 5.26 Å². The molecule has 0 aromatic heterocycles. The Morgan fingerprint density at radius 2 is 2.00 bits per heavy atom. The molecule has 1 unspecified atom stereocenters. The summed E-state index contributed by atoms with van der Waals surface area (Å²) in [5.74, 6) is -0.147. The first kappa shape index (κ1) is 21.3. The molecule has 2 bridgehead atoms. The van der Waals surface area contributed by atoms with Crippen LogP contribution in [0.4, 0.5) is 18.9 Å². The molecule has 0 radical (unpaired) electrons. The second-order valence-electron chi connectivity index (χ2n) is 9.71. The van der Waals surface area contributed by atoms with E-state index in [4.69, 9.17) is 0 Å². The van der Waals surface area contributed by atoms with Crippen molar-refractivity contribution in [2.45, 2.75) is 63.5 Å². The molecule has 0 N–H and O–H groups in total. The van der Waals surface area contributed by atoms with Gasteiger partial charge in [-0.1, -0.05) is 6.92 Å². The lowest BCUT2D eigenvalue weighted by Crippen LogP contribution is -2.53. The molecule has 3 heterocycles. The highest BCUT2D eigenvalue weighted by Crippen LogP contribution is 2.48. The molecule has 6 nitrogen and oxygen atoms in total. The minimum absolute atomic E-state index is 0.0397. The molecule has 1 aromatic rings. The van der Waals surface area contributed by atoms with Crippen LogP contribution in [0.3, 0.4) is 0 Å². The molecule has 1 aromatic carbocycles. The Balaban J connectivity index is 1.28. The molecule has 3 saturated heterocycles. The van der Waals surface area contributed by atoms with E-state index in [9.17, 15) is 28.0 Å². The van der Waals surface area contributed by atoms with Gasteiger partial charge in [0.15, 0.2) is 0 Å². The van der Waals surface area contributed by atoms with Gasteiger partial charge in [0.2, 0.25) is 11.8 Å². The smallest absolute Gasteiger partial charge is 0.323 e. The highest BCUT2D eigenvalue weighted by molar-refractivity contribution is 6.01. The molecule has 0 spiro atoms. The lowest BCUT2D eigenvalue weighted by Gasteiger charge is -2.36. The number of nitrogens with zero attached hydrogens (tertiary/aromatic N) is 4. The minimum Gasteiger partial charge on any atom is -0.323 e. The number of alkyl halides is 3. The van der Waals surface area contributed by atoms with E-state index in [2.05, 4.69) is 6.07 Å². The molecule has 4 fully saturated rings. The molecule has 6 atom stereocenters. The van der Waals surface area contributed by atoms with Crippen molar-refractivity contribution in [3.05, 3.63) is 29.3 Å². The standard InChI is InChI=1S/C23H25F3N4O2/c1-12-3-15(23(24,25)26)7-16(4-12)29-18-8-20(22(29)32)28(11-18)10-13(2)21(31)30-17(9-27)5-14-6-19(14)30/h3-4,7,13-14,17-20H,5-6,8,10-11H2,1-2H3/t13-,14+,17-,18+,19?,20+/m0/s1. The number of amides is 2. The van der Waals surface area contributed by atoms with Crippen LogP contribution in [-0.4, -0.2) is 58.9 Å². The van der Waals surface area contributed by atoms with E-state index in [1.165, 1.54) is 4.90 Å². The number of rotatable bonds is 4. The van der Waals surface area contributed by atoms with Crippen molar-refractivity contribution in [3.8, 4) is 6.07 Å². The first-order valence-corrected chi connectivity index (χ1v) is 11.1. The number of aryl methyl sites for hydroxylation is 1. The number of carbonyl (C=O) groups is 2. The SMILES string of the molecule is Cc1cc(N2C(=O)[C@H]3C[C@@H]2CN3C[C@H](C)C(=O)N2C3C[C@H]3C[C@H]2C#N)cc(C(F)(F)F)c1. The topological polar surface area (TPSA) is 67.7 Å². The number of piperidine rings is 1. The monoisotopic (exact) mass is 446 g/mol. The zero-order chi connectivity index (χ0) is 22.9. The van der Waals surface area contributed by atoms with Gasteiger partial charge in [-0.25, -0.2) is 0 Å². The largest absolute Gasteiger partial charge is 0.416 e. The van der Waals surface area contributed by atoms with E-state index in [1.54, 1.807) is 17.9 Å². The van der Waals surface area contributed by atoms with E-state index < -0.39 is 17.8 Å². The summed E-state index contributed by atoms with van der Waals surface area (Å²) in [6, 6.07) is 5.18. The fourth-order valence-corrected chi connectivity index (χ4v) is 5.84. The van der Waals surface area contributed by atoms with Crippen molar-refractivity contribution in [2.75, 3.05) is 18.0 Å². The first-order chi connectivity index (χ1) is 15.1. The second kappa shape index (κ2) is 7.20. The van der Waals surface area contributed by atoms with Crippen LogP contribution >= 0.6 is 0 Å². The number of anilines is 1. The van der Waals surface area contributed by atoms with Gasteiger partial charge in [-0.2, -0.15) is 18.4 Å². The summed E-state index contributed by atoms with van der Waals surface area (Å²) in [7, 11) is 0. The van der Waals surface area contributed by atoms with E-state index in [0.29, 0.717) is 31.0 Å². The van der Waals surface area contributed by atoms with Crippen LogP contribution in [0.2, 0.25) is 0 Å². The van der Waals surface area contributed by atoms with Crippen LogP contribution in [0.1, 0.15) is 37.3 Å². The quantitative estimate of drug-likeness (QED) is 0.713. The normalized spacial score (nSPS) is 32.2. The number of hydrogen-bond acceptors (Lipinski definition) is 4. The summed E-state index contributed by atoms with van der Waals surface area (Å²) in [5.41, 5.74) is -0.0139. The van der Waals surface area contributed by atoms with Gasteiger partial charge >= 0.3 is 6.18 Å². The van der Waals surface area contributed by atoms with E-state index >= 15 is 0 Å². The van der Waals surface area contributed by atoms with Gasteiger partial charge in [-0.15, -0.1) is 0 Å². The molecule has 5 rings (SSSR count). The maximum Gasteiger partial charge on any atom is 0.416 e. The fraction of sp³-hybridized carbons (Fsp3) is 0.609. The number of likely N-dealkylation sites (tertiary alicyclic amines) is 2. The maximum absolute atomic E-state index is 13.2. The number of halogens is 3. The Morgan fingerprint density at radius 3 is 2.66 bits per heavy atom. The van der Waals surface area contributed by atoms with Crippen LogP contribution in [0, 0.1) is 30.1 Å². The van der Waals surface area contributed by atoms with Crippen molar-refractivity contribution < 1.29 is 22.8 Å². The number of nitriles is 1. The molecule has 170 valence electrons. The molecule has 2 amide bonds. The van der Waals surface area contributed by atoms with Crippen molar-refractivity contribution in [1.82, 2.24) is 9.80 Å². The van der Waals surface area contributed by atoms with Crippen LogP contribution in [-0.2, 0) is 15.8 Å². The molecule has 4 aliphatic rings. The van der Waals surface area contributed by atoms with Gasteiger partial charge in [0, 0.05) is 30.7 Å². The molecular weight excluding hydrogens is 421 g/mol. The summed E-state index contributed by atoms with van der Waals surface area (Å²) < 4.78 is 39.7. The van der Waals surface area contributed by atoms with E-state index in [0.717, 1.165) is 25.0 Å². The third kappa shape index (κ3) is 3.36. The van der Waals surface area contributed by atoms with Crippen LogP contribution < -0.4 is 4.90 Å². The summed E-state index contributed by atoms with van der Waals surface area (Å²) in [4.78, 5) is 31.3. The van der Waals surface area contributed by atoms with Gasteiger partial charge < -0.3 is 9.80 Å². The highest BCUT2D eigenvalue weighted by atomic mass is 19.4. The summed E-state index contributed by atoms with van der Waals surface area (Å²) in [5, 5.41) is 9.36. The van der Waals surface area contributed by atoms with Crippen molar-refractivity contribution >= 4 is 17.5 Å². The van der Waals surface area contributed by atoms with Gasteiger partial charge in [0.1, 0.15) is 6.04 Å². The molecule has 1 aliphatic carbocycles. The maximum atomic E-state index is 13.2. The molecule has 32 heavy (non-hydrogen) atoms. The molecular formula is C23H25F3N4O2. The number of carbonyl (C=O) groups excluding carboxylic acids is 2. The molecule has 1 saturated carbocycles. The molecule has 3 aliphatic heterocycles. The number of piperazine rings is 1. The number of hydrogen-bond donors (Lipinski definition) is 0. The predicted octanol–water partition coefficient (Wildman–Crippen LogP) is 2.95. The lowest BCUT2D eigenvalue weighted by atomic mass is 10.1. The highest BCUT2D eigenvalue weighted by Gasteiger charge is 2.55. The third-order valence-corrected chi connectivity index (χ3v) is 7.37. The fourth-order valence-electron chi connectivity index (χ4n) is 5.84. The Hall–Kier alpha value is -2.60. The number of benzene rings is 1. The molecule has 9 heteroatoms. The second-order valence-corrected chi connectivity index (χ2v) is 9.71. The zero-order valence-electron chi connectivity index (χ0n) is 18.0. The Morgan fingerprint density at radius 1 is 1.25 bits per heavy atom. The Bertz CT molecular complexity index is 1020. The Kier molecular flexibility index (Phi) is 4.79. The van der Waals surface area contributed by atoms with Crippen molar-refractivity contribution in [2.24, 2.45) is 11.8 Å². The van der Waals surface area contributed by atoms with Gasteiger partial charge in [0.25, 0.3) is 0 Å². The van der Waals surface area contributed by atoms with Gasteiger partial charge in [-0.3, -0.25) is 14.5 Å².